The van der Waals surface area contributed by atoms with Crippen molar-refractivity contribution in [2.45, 2.75) is 46.6 Å². The van der Waals surface area contributed by atoms with E-state index >= 15 is 0 Å². The van der Waals surface area contributed by atoms with Crippen LogP contribution >= 0.6 is 0 Å². The molecule has 0 aliphatic rings. The number of carboxylic acids is 1. The maximum absolute atomic E-state index is 11.1. The van der Waals surface area contributed by atoms with Crippen molar-refractivity contribution in [2.75, 3.05) is 0 Å². The molecule has 4 heteroatoms. The number of benzene rings is 1. The normalized spacial score (nSPS) is 13.1. The summed E-state index contributed by atoms with van der Waals surface area (Å²) in [4.78, 5) is 15.7. The lowest BCUT2D eigenvalue weighted by Crippen LogP contribution is -2.11. The lowest BCUT2D eigenvalue weighted by atomic mass is 10.0. The van der Waals surface area contributed by atoms with E-state index < -0.39 is 5.97 Å². The molecular weight excluding hydrogens is 252 g/mol. The monoisotopic (exact) mass is 274 g/mol. The average molecular weight is 274 g/mol. The summed E-state index contributed by atoms with van der Waals surface area (Å²) < 4.78 is 2.25. The highest BCUT2D eigenvalue weighted by molar-refractivity contribution is 5.92. The van der Waals surface area contributed by atoms with E-state index in [1.54, 1.807) is 12.1 Å². The van der Waals surface area contributed by atoms with E-state index in [0.29, 0.717) is 17.5 Å². The third-order valence-electron chi connectivity index (χ3n) is 3.58. The van der Waals surface area contributed by atoms with Crippen molar-refractivity contribution in [3.8, 4) is 0 Å². The number of hydrogen-bond donors (Lipinski definition) is 1. The Labute approximate surface area is 119 Å². The van der Waals surface area contributed by atoms with Gasteiger partial charge in [-0.05, 0) is 37.5 Å². The summed E-state index contributed by atoms with van der Waals surface area (Å²) >= 11 is 0. The smallest absolute Gasteiger partial charge is 0.335 e. The Morgan fingerprint density at radius 2 is 2.05 bits per heavy atom. The Kier molecular flexibility index (Phi) is 4.12. The van der Waals surface area contributed by atoms with E-state index in [1.807, 2.05) is 6.07 Å². The minimum absolute atomic E-state index is 0.293. The van der Waals surface area contributed by atoms with E-state index in [2.05, 4.69) is 37.2 Å². The highest BCUT2D eigenvalue weighted by Gasteiger charge is 2.17. The highest BCUT2D eigenvalue weighted by Crippen LogP contribution is 2.26. The first-order chi connectivity index (χ1) is 9.43. The molecule has 1 aromatic carbocycles. The minimum Gasteiger partial charge on any atom is -0.478 e. The third kappa shape index (κ3) is 2.69. The van der Waals surface area contributed by atoms with Crippen molar-refractivity contribution < 1.29 is 9.90 Å². The van der Waals surface area contributed by atoms with Gasteiger partial charge in [-0.15, -0.1) is 0 Å². The van der Waals surface area contributed by atoms with Crippen LogP contribution in [0.5, 0.6) is 0 Å². The minimum atomic E-state index is -0.908. The van der Waals surface area contributed by atoms with Crippen LogP contribution in [0, 0.1) is 5.92 Å². The molecular formula is C16H22N2O2. The number of imidazole rings is 1. The number of aromatic nitrogens is 2. The Morgan fingerprint density at radius 1 is 1.35 bits per heavy atom. The van der Waals surface area contributed by atoms with Crippen LogP contribution in [0.15, 0.2) is 18.2 Å². The van der Waals surface area contributed by atoms with Gasteiger partial charge >= 0.3 is 5.97 Å². The van der Waals surface area contributed by atoms with E-state index in [9.17, 15) is 4.79 Å². The predicted octanol–water partition coefficient (Wildman–Crippen LogP) is 3.90. The summed E-state index contributed by atoms with van der Waals surface area (Å²) in [5.41, 5.74) is 2.10. The second-order valence-corrected chi connectivity index (χ2v) is 5.74. The number of rotatable bonds is 5. The third-order valence-corrected chi connectivity index (χ3v) is 3.58. The van der Waals surface area contributed by atoms with Crippen LogP contribution in [0.1, 0.15) is 56.3 Å². The number of nitrogens with zero attached hydrogens (tertiary/aromatic N) is 2. The number of aryl methyl sites for hydroxylation is 1. The molecule has 4 nitrogen and oxygen atoms in total. The molecule has 108 valence electrons. The number of carbonyl (C=O) groups is 1. The quantitative estimate of drug-likeness (QED) is 0.899. The van der Waals surface area contributed by atoms with Crippen LogP contribution in [-0.2, 0) is 6.42 Å². The van der Waals surface area contributed by atoms with Gasteiger partial charge in [0.25, 0.3) is 0 Å². The molecule has 0 amide bonds. The van der Waals surface area contributed by atoms with Crippen LogP contribution in [0.25, 0.3) is 11.0 Å². The Bertz CT molecular complexity index is 629. The Hall–Kier alpha value is -1.84. The fraction of sp³-hybridized carbons (Fsp3) is 0.500. The number of fused-ring (bicyclic) bond motifs is 1. The zero-order chi connectivity index (χ0) is 14.9. The molecule has 0 fully saturated rings. The molecule has 2 rings (SSSR count). The van der Waals surface area contributed by atoms with Gasteiger partial charge < -0.3 is 9.67 Å². The summed E-state index contributed by atoms with van der Waals surface area (Å²) in [6, 6.07) is 5.56. The standard InChI is InChI=1S/C16H22N2O2/c1-5-15-17-13-9-12(16(19)20)6-7-14(13)18(15)11(4)8-10(2)3/h6-7,9-11H,5,8H2,1-4H3,(H,19,20). The first-order valence-electron chi connectivity index (χ1n) is 7.18. The van der Waals surface area contributed by atoms with Crippen molar-refractivity contribution in [3.63, 3.8) is 0 Å². The molecule has 0 aliphatic carbocycles. The Morgan fingerprint density at radius 3 is 2.60 bits per heavy atom. The van der Waals surface area contributed by atoms with E-state index in [4.69, 9.17) is 5.11 Å². The van der Waals surface area contributed by atoms with Crippen LogP contribution in [0.4, 0.5) is 0 Å². The van der Waals surface area contributed by atoms with Crippen LogP contribution in [-0.4, -0.2) is 20.6 Å². The fourth-order valence-corrected chi connectivity index (χ4v) is 2.81. The van der Waals surface area contributed by atoms with Crippen LogP contribution < -0.4 is 0 Å². The van der Waals surface area contributed by atoms with Crippen molar-refractivity contribution in [3.05, 3.63) is 29.6 Å². The maximum Gasteiger partial charge on any atom is 0.335 e. The predicted molar refractivity (Wildman–Crippen MR) is 80.2 cm³/mol. The second-order valence-electron chi connectivity index (χ2n) is 5.74. The molecule has 1 heterocycles. The van der Waals surface area contributed by atoms with Gasteiger partial charge in [0.2, 0.25) is 0 Å². The van der Waals surface area contributed by atoms with E-state index in [1.165, 1.54) is 0 Å². The molecule has 0 spiro atoms. The average Bonchev–Trinajstić information content (AvgIpc) is 2.74. The largest absolute Gasteiger partial charge is 0.478 e. The highest BCUT2D eigenvalue weighted by atomic mass is 16.4. The zero-order valence-corrected chi connectivity index (χ0v) is 12.6. The number of hydrogen-bond acceptors (Lipinski definition) is 2. The summed E-state index contributed by atoms with van der Waals surface area (Å²) in [5, 5.41) is 9.07. The molecule has 1 unspecified atom stereocenters. The molecule has 0 radical (unpaired) electrons. The van der Waals surface area contributed by atoms with Gasteiger partial charge in [-0.25, -0.2) is 9.78 Å². The van der Waals surface area contributed by atoms with Gasteiger partial charge in [-0.2, -0.15) is 0 Å². The molecule has 1 aromatic heterocycles. The SMILES string of the molecule is CCc1nc2cc(C(=O)O)ccc2n1C(C)CC(C)C. The fourth-order valence-electron chi connectivity index (χ4n) is 2.81. The lowest BCUT2D eigenvalue weighted by Gasteiger charge is -2.19. The first-order valence-corrected chi connectivity index (χ1v) is 7.18. The molecule has 2 aromatic rings. The lowest BCUT2D eigenvalue weighted by molar-refractivity contribution is 0.0697. The topological polar surface area (TPSA) is 55.1 Å². The van der Waals surface area contributed by atoms with Gasteiger partial charge in [0, 0.05) is 12.5 Å². The van der Waals surface area contributed by atoms with Gasteiger partial charge in [0.15, 0.2) is 0 Å². The van der Waals surface area contributed by atoms with Crippen molar-refractivity contribution in [1.29, 1.82) is 0 Å². The summed E-state index contributed by atoms with van der Waals surface area (Å²) in [6.07, 6.45) is 1.93. The number of aromatic carboxylic acids is 1. The summed E-state index contributed by atoms with van der Waals surface area (Å²) in [5.74, 6) is 0.732. The molecule has 0 bridgehead atoms. The van der Waals surface area contributed by atoms with Gasteiger partial charge in [0.05, 0.1) is 16.6 Å². The van der Waals surface area contributed by atoms with Gasteiger partial charge in [0.1, 0.15) is 5.82 Å². The molecule has 1 atom stereocenters. The van der Waals surface area contributed by atoms with Gasteiger partial charge in [-0.3, -0.25) is 0 Å². The Balaban J connectivity index is 2.55. The van der Waals surface area contributed by atoms with Gasteiger partial charge in [-0.1, -0.05) is 20.8 Å². The van der Waals surface area contributed by atoms with Crippen molar-refractivity contribution in [1.82, 2.24) is 9.55 Å². The molecule has 0 saturated heterocycles. The zero-order valence-electron chi connectivity index (χ0n) is 12.6. The molecule has 0 aliphatic heterocycles. The second kappa shape index (κ2) is 5.65. The molecule has 1 N–H and O–H groups in total. The molecule has 0 saturated carbocycles. The van der Waals surface area contributed by atoms with E-state index in [-0.39, 0.29) is 0 Å². The first kappa shape index (κ1) is 14.6. The molecule has 20 heavy (non-hydrogen) atoms. The summed E-state index contributed by atoms with van der Waals surface area (Å²) in [7, 11) is 0. The summed E-state index contributed by atoms with van der Waals surface area (Å²) in [6.45, 7) is 8.71. The van der Waals surface area contributed by atoms with Crippen molar-refractivity contribution in [2.24, 2.45) is 5.92 Å². The van der Waals surface area contributed by atoms with Crippen LogP contribution in [0.3, 0.4) is 0 Å². The maximum atomic E-state index is 11.1. The van der Waals surface area contributed by atoms with Crippen LogP contribution in [0.2, 0.25) is 0 Å². The van der Waals surface area contributed by atoms with Crippen molar-refractivity contribution >= 4 is 17.0 Å². The van der Waals surface area contributed by atoms with E-state index in [0.717, 1.165) is 29.7 Å². The number of carboxylic acid groups (broad SMARTS) is 1.